The molecule has 0 radical (unpaired) electrons. The molecular weight excluding hydrogens is 278 g/mol. The Kier molecular flexibility index (Phi) is 4.95. The van der Waals surface area contributed by atoms with Gasteiger partial charge in [-0.05, 0) is 23.6 Å². The third-order valence-corrected chi connectivity index (χ3v) is 2.89. The first-order chi connectivity index (χ1) is 7.17. The van der Waals surface area contributed by atoms with Gasteiger partial charge in [-0.25, -0.2) is 0 Å². The molecule has 0 aliphatic carbocycles. The topological polar surface area (TPSA) is 63.9 Å². The molecule has 80 valence electrons. The van der Waals surface area contributed by atoms with E-state index in [4.69, 9.17) is 5.26 Å². The molecule has 0 aliphatic heterocycles. The first-order valence-corrected chi connectivity index (χ1v) is 6.67. The highest BCUT2D eigenvalue weighted by Gasteiger charge is 2.03. The quantitative estimate of drug-likeness (QED) is 0.627. The van der Waals surface area contributed by atoms with Gasteiger partial charge in [0.2, 0.25) is 0 Å². The van der Waals surface area contributed by atoms with Crippen molar-refractivity contribution < 1.29 is 8.76 Å². The maximum absolute atomic E-state index is 10.5. The van der Waals surface area contributed by atoms with Gasteiger partial charge in [-0.15, -0.1) is 0 Å². The normalized spacial score (nSPS) is 12.1. The van der Waals surface area contributed by atoms with Gasteiger partial charge in [0.25, 0.3) is 0 Å². The molecule has 0 amide bonds. The average Bonchev–Trinajstić information content (AvgIpc) is 2.20. The van der Waals surface area contributed by atoms with Gasteiger partial charge in [-0.2, -0.15) is 5.26 Å². The third-order valence-electron chi connectivity index (χ3n) is 1.95. The summed E-state index contributed by atoms with van der Waals surface area (Å²) in [5, 5.41) is 9.69. The Labute approximate surface area is 99.5 Å². The van der Waals surface area contributed by atoms with Crippen LogP contribution >= 0.6 is 15.9 Å². The molecule has 0 aromatic heterocycles. The van der Waals surface area contributed by atoms with E-state index in [1.165, 1.54) is 0 Å². The summed E-state index contributed by atoms with van der Waals surface area (Å²) in [6.45, 7) is 0. The molecule has 0 saturated carbocycles. The van der Waals surface area contributed by atoms with Gasteiger partial charge >= 0.3 is 0 Å². The predicted octanol–water partition coefficient (Wildman–Crippen LogP) is 1.87. The molecule has 1 aromatic carbocycles. The molecule has 1 atom stereocenters. The summed E-state index contributed by atoms with van der Waals surface area (Å²) in [7, 11) is 0. The van der Waals surface area contributed by atoms with E-state index in [2.05, 4.69) is 15.9 Å². The van der Waals surface area contributed by atoms with Crippen molar-refractivity contribution in [2.45, 2.75) is 12.2 Å². The number of benzene rings is 1. The number of hydrogen-bond acceptors (Lipinski definition) is 3. The minimum absolute atomic E-state index is 0.0997. The summed E-state index contributed by atoms with van der Waals surface area (Å²) in [5.74, 6) is -0.0997. The first-order valence-electron chi connectivity index (χ1n) is 4.31. The lowest BCUT2D eigenvalue weighted by molar-refractivity contribution is 0.536. The second-order valence-electron chi connectivity index (χ2n) is 2.99. The molecule has 0 aliphatic rings. The Morgan fingerprint density at radius 2 is 2.27 bits per heavy atom. The predicted molar refractivity (Wildman–Crippen MR) is 61.3 cm³/mol. The van der Waals surface area contributed by atoms with Gasteiger partial charge in [0.1, 0.15) is 0 Å². The molecule has 0 N–H and O–H groups in total. The minimum atomic E-state index is -2.15. The molecule has 15 heavy (non-hydrogen) atoms. The Morgan fingerprint density at radius 1 is 1.53 bits per heavy atom. The van der Waals surface area contributed by atoms with E-state index in [1.807, 2.05) is 12.1 Å². The molecule has 1 aromatic rings. The van der Waals surface area contributed by atoms with Gasteiger partial charge < -0.3 is 4.55 Å². The van der Waals surface area contributed by atoms with Gasteiger partial charge in [0.15, 0.2) is 0 Å². The SMILES string of the molecule is N#Cc1cc(CCBr)ccc1CS(=O)[O-]. The highest BCUT2D eigenvalue weighted by molar-refractivity contribution is 9.09. The van der Waals surface area contributed by atoms with Crippen LogP contribution in [0.15, 0.2) is 18.2 Å². The summed E-state index contributed by atoms with van der Waals surface area (Å²) in [4.78, 5) is 0. The van der Waals surface area contributed by atoms with Crippen molar-refractivity contribution in [1.29, 1.82) is 5.26 Å². The van der Waals surface area contributed by atoms with E-state index in [1.54, 1.807) is 12.1 Å². The molecule has 1 unspecified atom stereocenters. The van der Waals surface area contributed by atoms with Crippen LogP contribution in [0.3, 0.4) is 0 Å². The summed E-state index contributed by atoms with van der Waals surface area (Å²) in [6, 6.07) is 7.30. The number of alkyl halides is 1. The Bertz CT molecular complexity index is 414. The molecule has 5 heteroatoms. The standard InChI is InChI=1S/C10H10BrNO2S/c11-4-3-8-1-2-9(7-15(13)14)10(5-8)6-12/h1-2,5H,3-4,7H2,(H,13,14)/p-1. The van der Waals surface area contributed by atoms with E-state index in [0.717, 1.165) is 17.3 Å². The van der Waals surface area contributed by atoms with Gasteiger partial charge in [-0.1, -0.05) is 39.1 Å². The maximum Gasteiger partial charge on any atom is 0.0994 e. The third kappa shape index (κ3) is 3.74. The fourth-order valence-electron chi connectivity index (χ4n) is 1.25. The zero-order chi connectivity index (χ0) is 11.3. The zero-order valence-electron chi connectivity index (χ0n) is 7.90. The van der Waals surface area contributed by atoms with Crippen LogP contribution in [0.4, 0.5) is 0 Å². The van der Waals surface area contributed by atoms with Crippen LogP contribution in [0.25, 0.3) is 0 Å². The number of hydrogen-bond donors (Lipinski definition) is 0. The van der Waals surface area contributed by atoms with Crippen molar-refractivity contribution >= 4 is 27.0 Å². The van der Waals surface area contributed by atoms with Crippen molar-refractivity contribution in [3.05, 3.63) is 34.9 Å². The highest BCUT2D eigenvalue weighted by Crippen LogP contribution is 2.14. The van der Waals surface area contributed by atoms with Gasteiger partial charge in [0.05, 0.1) is 11.6 Å². The number of halogens is 1. The number of rotatable bonds is 4. The molecule has 0 bridgehead atoms. The highest BCUT2D eigenvalue weighted by atomic mass is 79.9. The van der Waals surface area contributed by atoms with Crippen molar-refractivity contribution in [3.8, 4) is 6.07 Å². The molecule has 1 rings (SSSR count). The molecular formula is C10H9BrNO2S-. The van der Waals surface area contributed by atoms with E-state index in [-0.39, 0.29) is 5.75 Å². The smallest absolute Gasteiger partial charge is 0.0994 e. The molecule has 0 fully saturated rings. The lowest BCUT2D eigenvalue weighted by Gasteiger charge is -2.08. The fraction of sp³-hybridized carbons (Fsp3) is 0.300. The average molecular weight is 287 g/mol. The van der Waals surface area contributed by atoms with Gasteiger partial charge in [0, 0.05) is 11.1 Å². The molecule has 0 heterocycles. The van der Waals surface area contributed by atoms with Crippen molar-refractivity contribution in [2.24, 2.45) is 0 Å². The van der Waals surface area contributed by atoms with Crippen molar-refractivity contribution in [3.63, 3.8) is 0 Å². The minimum Gasteiger partial charge on any atom is -0.772 e. The van der Waals surface area contributed by atoms with Crippen LogP contribution in [-0.4, -0.2) is 14.1 Å². The largest absolute Gasteiger partial charge is 0.772 e. The van der Waals surface area contributed by atoms with E-state index in [9.17, 15) is 8.76 Å². The van der Waals surface area contributed by atoms with Crippen molar-refractivity contribution in [2.75, 3.05) is 5.33 Å². The number of nitrogens with zero attached hydrogens (tertiary/aromatic N) is 1. The molecule has 0 saturated heterocycles. The number of nitriles is 1. The Hall–Kier alpha value is -0.700. The lowest BCUT2D eigenvalue weighted by atomic mass is 10.0. The van der Waals surface area contributed by atoms with Crippen LogP contribution in [-0.2, 0) is 23.3 Å². The molecule has 3 nitrogen and oxygen atoms in total. The Balaban J connectivity index is 2.99. The number of aryl methyl sites for hydroxylation is 1. The maximum atomic E-state index is 10.5. The van der Waals surface area contributed by atoms with Crippen LogP contribution in [0.5, 0.6) is 0 Å². The summed E-state index contributed by atoms with van der Waals surface area (Å²) in [5.41, 5.74) is 2.03. The summed E-state index contributed by atoms with van der Waals surface area (Å²) < 4.78 is 21.1. The van der Waals surface area contributed by atoms with Crippen LogP contribution in [0, 0.1) is 11.3 Å². The van der Waals surface area contributed by atoms with Crippen LogP contribution in [0.1, 0.15) is 16.7 Å². The fourth-order valence-corrected chi connectivity index (χ4v) is 2.21. The van der Waals surface area contributed by atoms with E-state index in [0.29, 0.717) is 11.1 Å². The first kappa shape index (κ1) is 12.4. The lowest BCUT2D eigenvalue weighted by Crippen LogP contribution is -1.98. The summed E-state index contributed by atoms with van der Waals surface area (Å²) in [6.07, 6.45) is 0.829. The van der Waals surface area contributed by atoms with Crippen LogP contribution in [0.2, 0.25) is 0 Å². The molecule has 0 spiro atoms. The van der Waals surface area contributed by atoms with Crippen molar-refractivity contribution in [1.82, 2.24) is 0 Å². The second-order valence-corrected chi connectivity index (χ2v) is 4.68. The second kappa shape index (κ2) is 6.01. The van der Waals surface area contributed by atoms with Crippen LogP contribution < -0.4 is 0 Å². The van der Waals surface area contributed by atoms with Gasteiger partial charge in [-0.3, -0.25) is 4.21 Å². The summed E-state index contributed by atoms with van der Waals surface area (Å²) >= 11 is 1.16. The monoisotopic (exact) mass is 286 g/mol. The van der Waals surface area contributed by atoms with E-state index < -0.39 is 11.1 Å². The van der Waals surface area contributed by atoms with E-state index >= 15 is 0 Å². The zero-order valence-corrected chi connectivity index (χ0v) is 10.3. The Morgan fingerprint density at radius 3 is 2.80 bits per heavy atom.